The minimum Gasteiger partial charge on any atom is -0.444 e. The lowest BCUT2D eigenvalue weighted by atomic mass is 9.92. The highest BCUT2D eigenvalue weighted by molar-refractivity contribution is 5.68. The van der Waals surface area contributed by atoms with Gasteiger partial charge < -0.3 is 14.8 Å². The number of carbonyl (C=O) groups excluding carboxylic acids is 1. The van der Waals surface area contributed by atoms with E-state index in [2.05, 4.69) is 5.32 Å². The summed E-state index contributed by atoms with van der Waals surface area (Å²) in [5, 5.41) is 2.32. The molecule has 0 spiro atoms. The Kier molecular flexibility index (Phi) is 5.98. The van der Waals surface area contributed by atoms with Gasteiger partial charge in [-0.05, 0) is 39.7 Å². The van der Waals surface area contributed by atoms with Crippen LogP contribution in [-0.2, 0) is 9.47 Å². The van der Waals surface area contributed by atoms with Gasteiger partial charge in [0.1, 0.15) is 17.5 Å². The smallest absolute Gasteiger partial charge is 0.414 e. The van der Waals surface area contributed by atoms with Crippen molar-refractivity contribution in [3.8, 4) is 0 Å². The molecule has 1 fully saturated rings. The van der Waals surface area contributed by atoms with Crippen molar-refractivity contribution in [1.82, 2.24) is 5.32 Å². The fourth-order valence-corrected chi connectivity index (χ4v) is 2.72. The molecule has 1 aliphatic heterocycles. The lowest BCUT2D eigenvalue weighted by molar-refractivity contribution is -0.250. The van der Waals surface area contributed by atoms with Gasteiger partial charge in [0.2, 0.25) is 0 Å². The van der Waals surface area contributed by atoms with E-state index in [4.69, 9.17) is 9.47 Å². The molecule has 10 heteroatoms. The molecule has 0 aliphatic carbocycles. The van der Waals surface area contributed by atoms with Crippen LogP contribution in [0.25, 0.3) is 0 Å². The number of hydrogen-bond donors (Lipinski definition) is 1. The van der Waals surface area contributed by atoms with Crippen molar-refractivity contribution >= 4 is 6.09 Å². The Labute approximate surface area is 151 Å². The van der Waals surface area contributed by atoms with E-state index >= 15 is 0 Å². The molecule has 152 valence electrons. The molecule has 1 amide bonds. The first kappa shape index (κ1) is 21.3. The molecule has 4 nitrogen and oxygen atoms in total. The van der Waals surface area contributed by atoms with Crippen molar-refractivity contribution in [1.29, 1.82) is 0 Å². The maximum absolute atomic E-state index is 14.1. The largest absolute Gasteiger partial charge is 0.444 e. The average Bonchev–Trinajstić information content (AvgIpc) is 2.48. The van der Waals surface area contributed by atoms with Gasteiger partial charge in [-0.25, -0.2) is 18.0 Å². The molecule has 1 aromatic rings. The monoisotopic (exact) mass is 399 g/mol. The lowest BCUT2D eigenvalue weighted by Crippen LogP contribution is -2.49. The highest BCUT2D eigenvalue weighted by Crippen LogP contribution is 2.39. The summed E-state index contributed by atoms with van der Waals surface area (Å²) in [6, 6.07) is -0.481. The van der Waals surface area contributed by atoms with E-state index in [1.165, 1.54) is 0 Å². The van der Waals surface area contributed by atoms with Crippen LogP contribution in [0, 0.1) is 17.5 Å². The Hall–Kier alpha value is -1.97. The molecule has 1 heterocycles. The van der Waals surface area contributed by atoms with E-state index in [0.29, 0.717) is 6.07 Å². The topological polar surface area (TPSA) is 47.6 Å². The third-order valence-corrected chi connectivity index (χ3v) is 3.83. The van der Waals surface area contributed by atoms with Gasteiger partial charge in [-0.3, -0.25) is 0 Å². The quantitative estimate of drug-likeness (QED) is 0.575. The van der Waals surface area contributed by atoms with Crippen LogP contribution >= 0.6 is 0 Å². The summed E-state index contributed by atoms with van der Waals surface area (Å²) in [5.74, 6) is -4.21. The summed E-state index contributed by atoms with van der Waals surface area (Å²) in [7, 11) is 0. The number of alkyl halides is 3. The van der Waals surface area contributed by atoms with Crippen LogP contribution in [0.15, 0.2) is 12.1 Å². The number of carbonyl (C=O) groups is 1. The lowest BCUT2D eigenvalue weighted by Gasteiger charge is -2.38. The van der Waals surface area contributed by atoms with Gasteiger partial charge in [-0.2, -0.15) is 13.2 Å². The van der Waals surface area contributed by atoms with E-state index < -0.39 is 65.6 Å². The van der Waals surface area contributed by atoms with Crippen LogP contribution in [0.3, 0.4) is 0 Å². The van der Waals surface area contributed by atoms with Gasteiger partial charge in [-0.1, -0.05) is 0 Å². The first-order chi connectivity index (χ1) is 12.3. The predicted octanol–water partition coefficient (Wildman–Crippen LogP) is 4.78. The highest BCUT2D eigenvalue weighted by atomic mass is 19.4. The standard InChI is InChI=1S/C17H19F6NO3/c1-16(2,3)27-15(25)24-12-4-5-13(17(21,22)23)26-14(12)8-6-10(19)11(20)7-9(8)18/h6-7,12-14H,4-5H2,1-3H3,(H,24,25)/t12-,13?,14+/m0/s1. The number of rotatable bonds is 2. The van der Waals surface area contributed by atoms with E-state index in [1.54, 1.807) is 20.8 Å². The van der Waals surface area contributed by atoms with Crippen molar-refractivity contribution in [3.63, 3.8) is 0 Å². The van der Waals surface area contributed by atoms with Crippen LogP contribution in [0.2, 0.25) is 0 Å². The number of halogens is 6. The first-order valence-electron chi connectivity index (χ1n) is 8.14. The van der Waals surface area contributed by atoms with E-state index in [0.717, 1.165) is 0 Å². The number of benzene rings is 1. The summed E-state index contributed by atoms with van der Waals surface area (Å²) in [6.45, 7) is 4.74. The van der Waals surface area contributed by atoms with Crippen molar-refractivity contribution in [2.24, 2.45) is 0 Å². The molecule has 0 radical (unpaired) electrons. The Morgan fingerprint density at radius 2 is 1.67 bits per heavy atom. The van der Waals surface area contributed by atoms with Crippen LogP contribution in [0.4, 0.5) is 31.1 Å². The molecule has 1 saturated heterocycles. The van der Waals surface area contributed by atoms with Gasteiger partial charge in [0.05, 0.1) is 6.04 Å². The minimum atomic E-state index is -4.73. The third kappa shape index (κ3) is 5.50. The van der Waals surface area contributed by atoms with Crippen molar-refractivity contribution in [3.05, 3.63) is 35.1 Å². The van der Waals surface area contributed by atoms with E-state index in [9.17, 15) is 31.1 Å². The van der Waals surface area contributed by atoms with Gasteiger partial charge in [0.15, 0.2) is 17.7 Å². The Balaban J connectivity index is 2.32. The van der Waals surface area contributed by atoms with Crippen molar-refractivity contribution < 1.29 is 40.6 Å². The number of amides is 1. The Bertz CT molecular complexity index is 701. The fraction of sp³-hybridized carbons (Fsp3) is 0.588. The van der Waals surface area contributed by atoms with E-state index in [1.807, 2.05) is 0 Å². The molecule has 1 aromatic carbocycles. The molecule has 2 rings (SSSR count). The minimum absolute atomic E-state index is 0.218. The molecule has 3 atom stereocenters. The van der Waals surface area contributed by atoms with Crippen LogP contribution < -0.4 is 5.32 Å². The van der Waals surface area contributed by atoms with Gasteiger partial charge in [-0.15, -0.1) is 0 Å². The number of alkyl carbamates (subject to hydrolysis) is 1. The normalized spacial score (nSPS) is 23.8. The molecular weight excluding hydrogens is 380 g/mol. The van der Waals surface area contributed by atoms with Gasteiger partial charge in [0.25, 0.3) is 0 Å². The van der Waals surface area contributed by atoms with Crippen molar-refractivity contribution in [2.45, 2.75) is 63.6 Å². The molecule has 0 bridgehead atoms. The molecule has 0 saturated carbocycles. The molecular formula is C17H19F6NO3. The second kappa shape index (κ2) is 7.57. The van der Waals surface area contributed by atoms with Crippen LogP contribution in [0.1, 0.15) is 45.3 Å². The highest BCUT2D eigenvalue weighted by Gasteiger charge is 2.47. The Morgan fingerprint density at radius 3 is 2.22 bits per heavy atom. The first-order valence-corrected chi connectivity index (χ1v) is 8.14. The molecule has 0 aromatic heterocycles. The maximum atomic E-state index is 14.1. The van der Waals surface area contributed by atoms with Gasteiger partial charge in [0, 0.05) is 11.6 Å². The number of nitrogens with one attached hydrogen (secondary N) is 1. The van der Waals surface area contributed by atoms with Crippen LogP contribution in [0.5, 0.6) is 0 Å². The zero-order valence-electron chi connectivity index (χ0n) is 14.8. The summed E-state index contributed by atoms with van der Waals surface area (Å²) >= 11 is 0. The zero-order chi connectivity index (χ0) is 20.6. The molecule has 1 unspecified atom stereocenters. The van der Waals surface area contributed by atoms with Crippen LogP contribution in [-0.4, -0.2) is 30.0 Å². The SMILES string of the molecule is CC(C)(C)OC(=O)N[C@H]1CCC(C(F)(F)F)O[C@@H]1c1cc(F)c(F)cc1F. The predicted molar refractivity (Wildman–Crippen MR) is 82.4 cm³/mol. The number of ether oxygens (including phenoxy) is 2. The summed E-state index contributed by atoms with van der Waals surface area (Å²) < 4.78 is 89.8. The Morgan fingerprint density at radius 1 is 1.07 bits per heavy atom. The molecule has 1 N–H and O–H groups in total. The fourth-order valence-electron chi connectivity index (χ4n) is 2.72. The second-order valence-electron chi connectivity index (χ2n) is 7.20. The average molecular weight is 399 g/mol. The van der Waals surface area contributed by atoms with Crippen molar-refractivity contribution in [2.75, 3.05) is 0 Å². The summed E-state index contributed by atoms with van der Waals surface area (Å²) in [4.78, 5) is 11.9. The number of hydrogen-bond acceptors (Lipinski definition) is 3. The second-order valence-corrected chi connectivity index (χ2v) is 7.20. The van der Waals surface area contributed by atoms with Gasteiger partial charge >= 0.3 is 12.3 Å². The van der Waals surface area contributed by atoms with E-state index in [-0.39, 0.29) is 12.5 Å². The maximum Gasteiger partial charge on any atom is 0.414 e. The summed E-state index contributed by atoms with van der Waals surface area (Å²) in [5.41, 5.74) is -1.50. The molecule has 27 heavy (non-hydrogen) atoms. The summed E-state index contributed by atoms with van der Waals surface area (Å²) in [6.07, 6.45) is -10.3. The molecule has 1 aliphatic rings. The zero-order valence-corrected chi connectivity index (χ0v) is 14.8. The third-order valence-electron chi connectivity index (χ3n) is 3.83.